The van der Waals surface area contributed by atoms with Crippen LogP contribution in [0.25, 0.3) is 0 Å². The van der Waals surface area contributed by atoms with Crippen molar-refractivity contribution in [1.82, 2.24) is 5.32 Å². The van der Waals surface area contributed by atoms with Crippen molar-refractivity contribution in [3.05, 3.63) is 0 Å². The van der Waals surface area contributed by atoms with E-state index in [1.165, 1.54) is 37.9 Å². The van der Waals surface area contributed by atoms with Gasteiger partial charge in [-0.1, -0.05) is 6.92 Å². The van der Waals surface area contributed by atoms with Gasteiger partial charge in [0.25, 0.3) is 0 Å². The predicted molar refractivity (Wildman–Crippen MR) is 84.4 cm³/mol. The molecule has 0 aromatic carbocycles. The first kappa shape index (κ1) is 15.1. The quantitative estimate of drug-likeness (QED) is 0.845. The molecule has 0 aromatic heterocycles. The number of rotatable bonds is 5. The maximum atomic E-state index is 6.11. The van der Waals surface area contributed by atoms with E-state index in [0.717, 1.165) is 44.0 Å². The molecule has 3 saturated heterocycles. The summed E-state index contributed by atoms with van der Waals surface area (Å²) in [5.74, 6) is 2.12. The van der Waals surface area contributed by atoms with Gasteiger partial charge in [-0.3, -0.25) is 0 Å². The summed E-state index contributed by atoms with van der Waals surface area (Å²) in [6.07, 6.45) is 7.54. The van der Waals surface area contributed by atoms with E-state index in [-0.39, 0.29) is 5.60 Å². The van der Waals surface area contributed by atoms with Crippen LogP contribution in [0.5, 0.6) is 0 Å². The van der Waals surface area contributed by atoms with Crippen LogP contribution in [-0.4, -0.2) is 49.0 Å². The molecule has 4 heteroatoms. The minimum absolute atomic E-state index is 0.0539. The summed E-state index contributed by atoms with van der Waals surface area (Å²) in [5, 5.41) is 4.69. The van der Waals surface area contributed by atoms with Crippen LogP contribution in [0, 0.1) is 5.92 Å². The highest BCUT2D eigenvalue weighted by Crippen LogP contribution is 2.41. The summed E-state index contributed by atoms with van der Waals surface area (Å²) in [5.41, 5.74) is 0.0539. The van der Waals surface area contributed by atoms with Gasteiger partial charge >= 0.3 is 0 Å². The third-order valence-corrected chi connectivity index (χ3v) is 6.58. The molecule has 4 atom stereocenters. The van der Waals surface area contributed by atoms with Crippen LogP contribution in [0.15, 0.2) is 0 Å². The van der Waals surface area contributed by atoms with Crippen molar-refractivity contribution in [2.75, 3.05) is 32.1 Å². The molecule has 3 heterocycles. The van der Waals surface area contributed by atoms with Crippen molar-refractivity contribution in [3.63, 3.8) is 0 Å². The van der Waals surface area contributed by atoms with E-state index in [1.807, 2.05) is 0 Å². The third-order valence-electron chi connectivity index (χ3n) is 5.10. The van der Waals surface area contributed by atoms with Gasteiger partial charge in [-0.25, -0.2) is 0 Å². The number of nitrogens with one attached hydrogen (secondary N) is 1. The molecule has 0 aliphatic carbocycles. The highest BCUT2D eigenvalue weighted by molar-refractivity contribution is 8.00. The van der Waals surface area contributed by atoms with E-state index in [9.17, 15) is 0 Å². The fourth-order valence-corrected chi connectivity index (χ4v) is 5.53. The Kier molecular flexibility index (Phi) is 5.29. The highest BCUT2D eigenvalue weighted by Gasteiger charge is 2.44. The Balaban J connectivity index is 1.65. The second-order valence-electron chi connectivity index (χ2n) is 6.62. The molecule has 0 bridgehead atoms. The number of ether oxygens (including phenoxy) is 2. The molecule has 1 spiro atoms. The minimum Gasteiger partial charge on any atom is -0.378 e. The van der Waals surface area contributed by atoms with Gasteiger partial charge < -0.3 is 14.8 Å². The molecule has 3 aliphatic rings. The lowest BCUT2D eigenvalue weighted by atomic mass is 9.79. The van der Waals surface area contributed by atoms with Gasteiger partial charge in [-0.15, -0.1) is 0 Å². The maximum Gasteiger partial charge on any atom is 0.0939 e. The minimum atomic E-state index is 0.0539. The molecule has 3 fully saturated rings. The lowest BCUT2D eigenvalue weighted by Gasteiger charge is -2.42. The van der Waals surface area contributed by atoms with Gasteiger partial charge in [0.1, 0.15) is 0 Å². The molecule has 3 nitrogen and oxygen atoms in total. The van der Waals surface area contributed by atoms with Gasteiger partial charge in [-0.05, 0) is 50.3 Å². The topological polar surface area (TPSA) is 30.5 Å². The summed E-state index contributed by atoms with van der Waals surface area (Å²) >= 11 is 2.19. The molecule has 1 N–H and O–H groups in total. The SMILES string of the molecule is CCCNC(C1CCOC2(CCOC2)C1)C1CCCS1. The summed E-state index contributed by atoms with van der Waals surface area (Å²) in [7, 11) is 0. The maximum absolute atomic E-state index is 6.11. The summed E-state index contributed by atoms with van der Waals surface area (Å²) in [6, 6.07) is 0.684. The van der Waals surface area contributed by atoms with Crippen LogP contribution < -0.4 is 5.32 Å². The molecule has 4 unspecified atom stereocenters. The molecular weight excluding hydrogens is 270 g/mol. The zero-order valence-corrected chi connectivity index (χ0v) is 13.6. The Hall–Kier alpha value is 0.230. The normalized spacial score (nSPS) is 39.5. The first-order chi connectivity index (χ1) is 9.83. The summed E-state index contributed by atoms with van der Waals surface area (Å²) in [6.45, 7) is 6.06. The molecule has 0 aromatic rings. The average molecular weight is 299 g/mol. The predicted octanol–water partition coefficient (Wildman–Crippen LogP) is 2.84. The van der Waals surface area contributed by atoms with E-state index in [2.05, 4.69) is 24.0 Å². The Labute approximate surface area is 127 Å². The van der Waals surface area contributed by atoms with E-state index in [1.54, 1.807) is 0 Å². The van der Waals surface area contributed by atoms with Crippen LogP contribution >= 0.6 is 11.8 Å². The van der Waals surface area contributed by atoms with E-state index in [4.69, 9.17) is 9.47 Å². The monoisotopic (exact) mass is 299 g/mol. The fraction of sp³-hybridized carbons (Fsp3) is 1.00. The van der Waals surface area contributed by atoms with Crippen LogP contribution in [0.2, 0.25) is 0 Å². The molecular formula is C16H29NO2S. The smallest absolute Gasteiger partial charge is 0.0939 e. The van der Waals surface area contributed by atoms with E-state index >= 15 is 0 Å². The number of thioether (sulfide) groups is 1. The molecule has 3 aliphatic heterocycles. The molecule has 0 amide bonds. The molecule has 116 valence electrons. The van der Waals surface area contributed by atoms with Crippen LogP contribution in [-0.2, 0) is 9.47 Å². The molecule has 20 heavy (non-hydrogen) atoms. The van der Waals surface area contributed by atoms with Crippen molar-refractivity contribution >= 4 is 11.8 Å². The standard InChI is InChI=1S/C16H29NO2S/c1-2-7-17-15(14-4-3-10-20-14)13-5-8-19-16(11-13)6-9-18-12-16/h13-15,17H,2-12H2,1H3. The molecule has 3 rings (SSSR count). The average Bonchev–Trinajstić information content (AvgIpc) is 3.12. The summed E-state index contributed by atoms with van der Waals surface area (Å²) < 4.78 is 11.7. The van der Waals surface area contributed by atoms with Gasteiger partial charge in [0.2, 0.25) is 0 Å². The largest absolute Gasteiger partial charge is 0.378 e. The number of hydrogen-bond acceptors (Lipinski definition) is 4. The Bertz CT molecular complexity index is 301. The molecule has 0 saturated carbocycles. The van der Waals surface area contributed by atoms with Gasteiger partial charge in [-0.2, -0.15) is 11.8 Å². The van der Waals surface area contributed by atoms with Gasteiger partial charge in [0, 0.05) is 30.9 Å². The first-order valence-corrected chi connectivity index (χ1v) is 9.44. The van der Waals surface area contributed by atoms with Gasteiger partial charge in [0.05, 0.1) is 12.2 Å². The van der Waals surface area contributed by atoms with Crippen LogP contribution in [0.3, 0.4) is 0 Å². The second-order valence-corrected chi connectivity index (χ2v) is 7.97. The van der Waals surface area contributed by atoms with Gasteiger partial charge in [0.15, 0.2) is 0 Å². The Morgan fingerprint density at radius 1 is 1.35 bits per heavy atom. The first-order valence-electron chi connectivity index (χ1n) is 8.40. The second kappa shape index (κ2) is 6.99. The highest BCUT2D eigenvalue weighted by atomic mass is 32.2. The fourth-order valence-electron chi connectivity index (χ4n) is 4.03. The van der Waals surface area contributed by atoms with Crippen LogP contribution in [0.4, 0.5) is 0 Å². The lowest BCUT2D eigenvalue weighted by Crippen LogP contribution is -2.50. The lowest BCUT2D eigenvalue weighted by molar-refractivity contribution is -0.103. The van der Waals surface area contributed by atoms with Crippen molar-refractivity contribution < 1.29 is 9.47 Å². The van der Waals surface area contributed by atoms with Crippen molar-refractivity contribution in [2.24, 2.45) is 5.92 Å². The zero-order chi connectivity index (χ0) is 13.8. The van der Waals surface area contributed by atoms with Crippen molar-refractivity contribution in [1.29, 1.82) is 0 Å². The van der Waals surface area contributed by atoms with Crippen molar-refractivity contribution in [2.45, 2.75) is 62.3 Å². The molecule has 0 radical (unpaired) electrons. The Morgan fingerprint density at radius 3 is 3.00 bits per heavy atom. The summed E-state index contributed by atoms with van der Waals surface area (Å²) in [4.78, 5) is 0. The Morgan fingerprint density at radius 2 is 2.30 bits per heavy atom. The van der Waals surface area contributed by atoms with E-state index in [0.29, 0.717) is 6.04 Å². The van der Waals surface area contributed by atoms with Crippen LogP contribution in [0.1, 0.15) is 45.4 Å². The zero-order valence-electron chi connectivity index (χ0n) is 12.7. The third kappa shape index (κ3) is 3.34. The number of hydrogen-bond donors (Lipinski definition) is 1. The van der Waals surface area contributed by atoms with Crippen molar-refractivity contribution in [3.8, 4) is 0 Å². The van der Waals surface area contributed by atoms with E-state index < -0.39 is 0 Å².